The van der Waals surface area contributed by atoms with Crippen molar-refractivity contribution in [2.45, 2.75) is 57.2 Å². The first-order chi connectivity index (χ1) is 14.6. The van der Waals surface area contributed by atoms with Crippen LogP contribution in [-0.2, 0) is 0 Å². The first kappa shape index (κ1) is 18.3. The van der Waals surface area contributed by atoms with E-state index in [0.29, 0.717) is 18.1 Å². The van der Waals surface area contributed by atoms with Crippen LogP contribution in [0.1, 0.15) is 37.8 Å². The molecule has 2 atom stereocenters. The Morgan fingerprint density at radius 2 is 1.97 bits per heavy atom. The number of rotatable bonds is 3. The van der Waals surface area contributed by atoms with Crippen molar-refractivity contribution in [1.82, 2.24) is 24.7 Å². The summed E-state index contributed by atoms with van der Waals surface area (Å²) in [5.74, 6) is 0. The molecule has 0 aromatic carbocycles. The van der Waals surface area contributed by atoms with Gasteiger partial charge in [0.25, 0.3) is 0 Å². The van der Waals surface area contributed by atoms with E-state index in [4.69, 9.17) is 9.97 Å². The summed E-state index contributed by atoms with van der Waals surface area (Å²) < 4.78 is 3.26. The van der Waals surface area contributed by atoms with Gasteiger partial charge in [0.1, 0.15) is 11.2 Å². The van der Waals surface area contributed by atoms with Crippen LogP contribution in [0.4, 0.5) is 5.13 Å². The molecule has 6 nitrogen and oxygen atoms in total. The Bertz CT molecular complexity index is 1220. The average molecular weight is 419 g/mol. The molecular weight excluding hydrogens is 392 g/mol. The Morgan fingerprint density at radius 3 is 2.80 bits per heavy atom. The van der Waals surface area contributed by atoms with Crippen LogP contribution in [0.5, 0.6) is 0 Å². The topological polar surface area (TPSA) is 58.4 Å². The largest absolute Gasteiger partial charge is 0.348 e. The summed E-state index contributed by atoms with van der Waals surface area (Å²) in [6.45, 7) is 2.02. The molecular formula is C23H26N6S. The molecule has 2 fully saturated rings. The van der Waals surface area contributed by atoms with Crippen molar-refractivity contribution < 1.29 is 0 Å². The number of piperidine rings is 2. The molecule has 2 saturated heterocycles. The number of aromatic nitrogens is 4. The highest BCUT2D eigenvalue weighted by atomic mass is 32.1. The number of pyridine rings is 2. The van der Waals surface area contributed by atoms with E-state index in [0.717, 1.165) is 33.2 Å². The smallest absolute Gasteiger partial charge is 0.186 e. The van der Waals surface area contributed by atoms with Crippen molar-refractivity contribution in [3.63, 3.8) is 0 Å². The highest BCUT2D eigenvalue weighted by Crippen LogP contribution is 2.35. The molecule has 4 aromatic rings. The van der Waals surface area contributed by atoms with Crippen molar-refractivity contribution in [1.29, 1.82) is 0 Å². The van der Waals surface area contributed by atoms with Crippen LogP contribution in [0, 0.1) is 6.92 Å². The third-order valence-electron chi connectivity index (χ3n) is 6.67. The molecule has 4 aromatic heterocycles. The maximum absolute atomic E-state index is 4.92. The molecule has 2 aliphatic rings. The zero-order chi connectivity index (χ0) is 20.2. The second-order valence-corrected chi connectivity index (χ2v) is 9.84. The second-order valence-electron chi connectivity index (χ2n) is 8.83. The lowest BCUT2D eigenvalue weighted by atomic mass is 9.83. The first-order valence-electron chi connectivity index (χ1n) is 10.8. The fourth-order valence-corrected chi connectivity index (χ4v) is 6.11. The van der Waals surface area contributed by atoms with E-state index in [2.05, 4.69) is 45.0 Å². The molecule has 0 radical (unpaired) electrons. The molecule has 2 unspecified atom stereocenters. The lowest BCUT2D eigenvalue weighted by molar-refractivity contribution is 0.219. The highest BCUT2D eigenvalue weighted by Gasteiger charge is 2.33. The lowest BCUT2D eigenvalue weighted by Crippen LogP contribution is -2.54. The van der Waals surface area contributed by atoms with Gasteiger partial charge in [-0.2, -0.15) is 0 Å². The molecule has 6 rings (SSSR count). The summed E-state index contributed by atoms with van der Waals surface area (Å²) in [4.78, 5) is 16.5. The molecule has 0 aliphatic carbocycles. The number of aryl methyl sites for hydroxylation is 1. The predicted molar refractivity (Wildman–Crippen MR) is 122 cm³/mol. The van der Waals surface area contributed by atoms with Crippen LogP contribution >= 0.6 is 11.3 Å². The maximum Gasteiger partial charge on any atom is 0.186 e. The maximum atomic E-state index is 4.92. The standard InChI is InChI=1S/C23H26N6S/c1-14-12-29-13-15(6-7-22(29)25-14)19-10-21-20(11-24-19)27-23(30-21)28(2)18-8-16-4-3-5-17(9-18)26-16/h6-7,10-13,16-18,26H,3-5,8-9H2,1-2H3. The molecule has 0 amide bonds. The quantitative estimate of drug-likeness (QED) is 0.534. The SMILES string of the molecule is Cc1cn2cc(-c3cc4sc(N(C)C5CC6CCCC(C5)N6)nc4cn3)ccc2n1. The van der Waals surface area contributed by atoms with Crippen LogP contribution in [0.15, 0.2) is 36.8 Å². The molecule has 30 heavy (non-hydrogen) atoms. The molecule has 154 valence electrons. The number of thiazole rings is 1. The number of hydrogen-bond donors (Lipinski definition) is 1. The minimum atomic E-state index is 0.571. The minimum Gasteiger partial charge on any atom is -0.348 e. The van der Waals surface area contributed by atoms with E-state index in [-0.39, 0.29) is 0 Å². The van der Waals surface area contributed by atoms with Crippen LogP contribution in [0.25, 0.3) is 27.1 Å². The Labute approximate surface area is 180 Å². The number of nitrogens with zero attached hydrogens (tertiary/aromatic N) is 5. The number of imidazole rings is 1. The van der Waals surface area contributed by atoms with Crippen molar-refractivity contribution in [2.75, 3.05) is 11.9 Å². The molecule has 0 spiro atoms. The van der Waals surface area contributed by atoms with Gasteiger partial charge in [0.15, 0.2) is 5.13 Å². The normalized spacial score (nSPS) is 23.9. The fourth-order valence-electron chi connectivity index (χ4n) is 5.11. The summed E-state index contributed by atoms with van der Waals surface area (Å²) in [5, 5.41) is 4.90. The Hall–Kier alpha value is -2.51. The van der Waals surface area contributed by atoms with E-state index >= 15 is 0 Å². The van der Waals surface area contributed by atoms with Gasteiger partial charge in [-0.25, -0.2) is 9.97 Å². The van der Waals surface area contributed by atoms with E-state index in [1.807, 2.05) is 25.4 Å². The molecule has 2 aliphatic heterocycles. The van der Waals surface area contributed by atoms with Gasteiger partial charge in [-0.1, -0.05) is 17.8 Å². The lowest BCUT2D eigenvalue weighted by Gasteiger charge is -2.43. The summed E-state index contributed by atoms with van der Waals surface area (Å²) >= 11 is 1.78. The van der Waals surface area contributed by atoms with Crippen molar-refractivity contribution in [3.8, 4) is 11.3 Å². The van der Waals surface area contributed by atoms with Gasteiger partial charge < -0.3 is 14.6 Å². The fraction of sp³-hybridized carbons (Fsp3) is 0.435. The van der Waals surface area contributed by atoms with Gasteiger partial charge in [-0.05, 0) is 50.8 Å². The predicted octanol–water partition coefficient (Wildman–Crippen LogP) is 4.42. The monoisotopic (exact) mass is 418 g/mol. The highest BCUT2D eigenvalue weighted by molar-refractivity contribution is 7.22. The van der Waals surface area contributed by atoms with Crippen molar-refractivity contribution in [3.05, 3.63) is 42.5 Å². The summed E-state index contributed by atoms with van der Waals surface area (Å²) in [6.07, 6.45) is 12.5. The second kappa shape index (κ2) is 7.03. The Kier molecular flexibility index (Phi) is 4.28. The summed E-state index contributed by atoms with van der Waals surface area (Å²) in [5.41, 5.74) is 5.04. The zero-order valence-electron chi connectivity index (χ0n) is 17.4. The third-order valence-corrected chi connectivity index (χ3v) is 7.78. The third kappa shape index (κ3) is 3.17. The van der Waals surface area contributed by atoms with Crippen molar-refractivity contribution >= 4 is 32.3 Å². The van der Waals surface area contributed by atoms with Gasteiger partial charge in [0.05, 0.1) is 22.3 Å². The number of fused-ring (bicyclic) bond motifs is 4. The molecule has 6 heterocycles. The Morgan fingerprint density at radius 1 is 1.13 bits per heavy atom. The number of anilines is 1. The van der Waals surface area contributed by atoms with Crippen LogP contribution in [0.2, 0.25) is 0 Å². The Balaban J connectivity index is 1.30. The van der Waals surface area contributed by atoms with E-state index in [1.165, 1.54) is 36.8 Å². The summed E-state index contributed by atoms with van der Waals surface area (Å²) in [7, 11) is 2.22. The number of hydrogen-bond acceptors (Lipinski definition) is 6. The number of nitrogens with one attached hydrogen (secondary N) is 1. The van der Waals surface area contributed by atoms with Gasteiger partial charge in [-0.15, -0.1) is 0 Å². The summed E-state index contributed by atoms with van der Waals surface area (Å²) in [6, 6.07) is 8.24. The molecule has 7 heteroatoms. The van der Waals surface area contributed by atoms with Crippen LogP contribution in [-0.4, -0.2) is 44.5 Å². The van der Waals surface area contributed by atoms with Gasteiger partial charge in [-0.3, -0.25) is 4.98 Å². The van der Waals surface area contributed by atoms with E-state index in [9.17, 15) is 0 Å². The van der Waals surface area contributed by atoms with E-state index in [1.54, 1.807) is 11.3 Å². The first-order valence-corrected chi connectivity index (χ1v) is 11.7. The molecule has 1 N–H and O–H groups in total. The van der Waals surface area contributed by atoms with Crippen LogP contribution < -0.4 is 10.2 Å². The van der Waals surface area contributed by atoms with E-state index < -0.39 is 0 Å². The van der Waals surface area contributed by atoms with Gasteiger partial charge in [0.2, 0.25) is 0 Å². The zero-order valence-corrected chi connectivity index (χ0v) is 18.2. The van der Waals surface area contributed by atoms with Gasteiger partial charge in [0, 0.05) is 43.1 Å². The molecule has 0 saturated carbocycles. The minimum absolute atomic E-state index is 0.571. The van der Waals surface area contributed by atoms with Crippen LogP contribution in [0.3, 0.4) is 0 Å². The molecule has 2 bridgehead atoms. The van der Waals surface area contributed by atoms with Gasteiger partial charge >= 0.3 is 0 Å². The van der Waals surface area contributed by atoms with Crippen molar-refractivity contribution in [2.24, 2.45) is 0 Å². The average Bonchev–Trinajstić information content (AvgIpc) is 3.34.